The van der Waals surface area contributed by atoms with Crippen molar-refractivity contribution in [2.75, 3.05) is 13.7 Å². The molecule has 0 aliphatic carbocycles. The van der Waals surface area contributed by atoms with Gasteiger partial charge in [-0.3, -0.25) is 4.90 Å². The third-order valence-electron chi connectivity index (χ3n) is 5.29. The summed E-state index contributed by atoms with van der Waals surface area (Å²) in [7, 11) is 1.38. The van der Waals surface area contributed by atoms with Crippen LogP contribution in [0.2, 0.25) is 0 Å². The Kier molecular flexibility index (Phi) is 5.89. The molecule has 1 atom stereocenters. The molecule has 0 bridgehead atoms. The van der Waals surface area contributed by atoms with E-state index in [1.165, 1.54) is 31.4 Å². The third-order valence-corrected chi connectivity index (χ3v) is 5.29. The second-order valence-electron chi connectivity index (χ2n) is 7.36. The van der Waals surface area contributed by atoms with E-state index in [9.17, 15) is 13.6 Å². The monoisotopic (exact) mass is 440 g/mol. The number of carbonyl (C=O) groups excluding carboxylic acids is 1. The first-order chi connectivity index (χ1) is 15.4. The van der Waals surface area contributed by atoms with Gasteiger partial charge in [0.2, 0.25) is 5.82 Å². The van der Waals surface area contributed by atoms with E-state index in [1.807, 2.05) is 6.92 Å². The number of nitrogens with one attached hydrogen (secondary N) is 1. The average molecular weight is 440 g/mol. The molecule has 1 unspecified atom stereocenters. The Labute approximate surface area is 183 Å². The van der Waals surface area contributed by atoms with E-state index in [-0.39, 0.29) is 23.5 Å². The summed E-state index contributed by atoms with van der Waals surface area (Å²) in [6, 6.07) is 9.34. The number of nitrogens with zero attached hydrogens (tertiary/aromatic N) is 3. The lowest BCUT2D eigenvalue weighted by molar-refractivity contribution is 0.205. The maximum Gasteiger partial charge on any atom is 0.322 e. The van der Waals surface area contributed by atoms with Gasteiger partial charge in [0.25, 0.3) is 5.89 Å². The molecule has 1 aromatic heterocycles. The fraction of sp³-hybridized carbons (Fsp3) is 0.261. The molecular weight excluding hydrogens is 418 g/mol. The minimum atomic E-state index is -0.688. The van der Waals surface area contributed by atoms with E-state index >= 15 is 0 Å². The van der Waals surface area contributed by atoms with Gasteiger partial charge in [0.15, 0.2) is 11.6 Å². The van der Waals surface area contributed by atoms with Crippen LogP contribution >= 0.6 is 0 Å². The van der Waals surface area contributed by atoms with Crippen LogP contribution in [0.1, 0.15) is 37.8 Å². The molecule has 2 amide bonds. The molecule has 4 rings (SSSR count). The van der Waals surface area contributed by atoms with E-state index in [4.69, 9.17) is 9.26 Å². The smallest absolute Gasteiger partial charge is 0.322 e. The minimum Gasteiger partial charge on any atom is -0.494 e. The fourth-order valence-electron chi connectivity index (χ4n) is 3.74. The molecule has 0 radical (unpaired) electrons. The molecule has 2 aromatic carbocycles. The van der Waals surface area contributed by atoms with E-state index in [0.29, 0.717) is 28.9 Å². The zero-order valence-corrected chi connectivity index (χ0v) is 17.9. The molecule has 9 heteroatoms. The van der Waals surface area contributed by atoms with Crippen LogP contribution in [0.25, 0.3) is 17.0 Å². The van der Waals surface area contributed by atoms with Crippen LogP contribution in [0.15, 0.2) is 52.7 Å². The molecule has 0 fully saturated rings. The second-order valence-corrected chi connectivity index (χ2v) is 7.36. The number of hydrogen-bond acceptors (Lipinski definition) is 5. The highest BCUT2D eigenvalue weighted by Crippen LogP contribution is 2.37. The van der Waals surface area contributed by atoms with Gasteiger partial charge in [0.05, 0.1) is 18.7 Å². The standard InChI is InChI=1S/C23H22F2N4O3/c1-4-10-29-13(2)19(20(26-23(29)30)14-6-5-7-16(24)11-14)22-27-21(28-32-22)15-8-9-18(31-3)17(25)12-15/h5-9,11-12,20H,4,10H2,1-3H3,(H,26,30). The quantitative estimate of drug-likeness (QED) is 0.588. The van der Waals surface area contributed by atoms with Gasteiger partial charge in [-0.05, 0) is 49.2 Å². The first kappa shape index (κ1) is 21.5. The molecule has 0 spiro atoms. The van der Waals surface area contributed by atoms with Crippen LogP contribution in [-0.4, -0.2) is 34.7 Å². The van der Waals surface area contributed by atoms with Crippen LogP contribution in [-0.2, 0) is 0 Å². The summed E-state index contributed by atoms with van der Waals surface area (Å²) in [5, 5.41) is 6.90. The SMILES string of the molecule is CCCN1C(=O)NC(c2cccc(F)c2)C(c2nc(-c3ccc(OC)c(F)c3)no2)=C1C. The van der Waals surface area contributed by atoms with E-state index in [2.05, 4.69) is 15.5 Å². The molecule has 166 valence electrons. The summed E-state index contributed by atoms with van der Waals surface area (Å²) in [6.07, 6.45) is 0.739. The number of benzene rings is 2. The number of hydrogen-bond donors (Lipinski definition) is 1. The number of aromatic nitrogens is 2. The van der Waals surface area contributed by atoms with Crippen molar-refractivity contribution in [3.8, 4) is 17.1 Å². The van der Waals surface area contributed by atoms with Crippen molar-refractivity contribution in [2.24, 2.45) is 0 Å². The van der Waals surface area contributed by atoms with Crippen molar-refractivity contribution < 1.29 is 22.8 Å². The van der Waals surface area contributed by atoms with Crippen molar-refractivity contribution in [3.05, 3.63) is 71.3 Å². The van der Waals surface area contributed by atoms with Gasteiger partial charge in [0.1, 0.15) is 5.82 Å². The zero-order chi connectivity index (χ0) is 22.8. The number of carbonyl (C=O) groups is 1. The van der Waals surface area contributed by atoms with Crippen molar-refractivity contribution in [1.82, 2.24) is 20.4 Å². The van der Waals surface area contributed by atoms with Gasteiger partial charge in [0, 0.05) is 17.8 Å². The summed E-state index contributed by atoms with van der Waals surface area (Å²) in [4.78, 5) is 18.8. The van der Waals surface area contributed by atoms with Crippen LogP contribution < -0.4 is 10.1 Å². The highest BCUT2D eigenvalue weighted by atomic mass is 19.1. The van der Waals surface area contributed by atoms with Gasteiger partial charge in [-0.15, -0.1) is 0 Å². The normalized spacial score (nSPS) is 16.3. The number of allylic oxidation sites excluding steroid dienone is 1. The predicted octanol–water partition coefficient (Wildman–Crippen LogP) is 4.93. The highest BCUT2D eigenvalue weighted by Gasteiger charge is 2.35. The van der Waals surface area contributed by atoms with Gasteiger partial charge >= 0.3 is 6.03 Å². The van der Waals surface area contributed by atoms with Crippen LogP contribution in [0.5, 0.6) is 5.75 Å². The first-order valence-corrected chi connectivity index (χ1v) is 10.1. The topological polar surface area (TPSA) is 80.5 Å². The first-order valence-electron chi connectivity index (χ1n) is 10.1. The molecular formula is C23H22F2N4O3. The minimum absolute atomic E-state index is 0.104. The number of methoxy groups -OCH3 is 1. The maximum absolute atomic E-state index is 14.1. The molecule has 0 saturated carbocycles. The number of halogens is 2. The number of amides is 2. The predicted molar refractivity (Wildman–Crippen MR) is 114 cm³/mol. The molecule has 32 heavy (non-hydrogen) atoms. The van der Waals surface area contributed by atoms with Crippen LogP contribution in [0.3, 0.4) is 0 Å². The Balaban J connectivity index is 1.80. The summed E-state index contributed by atoms with van der Waals surface area (Å²) >= 11 is 0. The third kappa shape index (κ3) is 3.93. The Morgan fingerprint density at radius 1 is 1.22 bits per heavy atom. The molecule has 0 saturated heterocycles. The Morgan fingerprint density at radius 3 is 2.72 bits per heavy atom. The van der Waals surface area contributed by atoms with E-state index in [1.54, 1.807) is 30.0 Å². The number of rotatable bonds is 6. The molecule has 1 N–H and O–H groups in total. The summed E-state index contributed by atoms with van der Waals surface area (Å²) in [5.41, 5.74) is 2.13. The van der Waals surface area contributed by atoms with Crippen molar-refractivity contribution >= 4 is 11.6 Å². The Morgan fingerprint density at radius 2 is 2.03 bits per heavy atom. The van der Waals surface area contributed by atoms with Crippen molar-refractivity contribution in [3.63, 3.8) is 0 Å². The van der Waals surface area contributed by atoms with Gasteiger partial charge in [-0.25, -0.2) is 13.6 Å². The molecule has 1 aliphatic rings. The lowest BCUT2D eigenvalue weighted by Gasteiger charge is -2.35. The second kappa shape index (κ2) is 8.78. The summed E-state index contributed by atoms with van der Waals surface area (Å²) < 4.78 is 38.6. The lowest BCUT2D eigenvalue weighted by atomic mass is 9.94. The van der Waals surface area contributed by atoms with Crippen LogP contribution in [0.4, 0.5) is 13.6 Å². The molecule has 3 aromatic rings. The average Bonchev–Trinajstić information content (AvgIpc) is 3.26. The summed E-state index contributed by atoms with van der Waals surface area (Å²) in [6.45, 7) is 4.23. The molecule has 2 heterocycles. The molecule has 1 aliphatic heterocycles. The highest BCUT2D eigenvalue weighted by molar-refractivity contribution is 5.86. The molecule has 7 nitrogen and oxygen atoms in total. The number of urea groups is 1. The van der Waals surface area contributed by atoms with E-state index < -0.39 is 17.7 Å². The van der Waals surface area contributed by atoms with Gasteiger partial charge in [-0.1, -0.05) is 24.2 Å². The number of ether oxygens (including phenoxy) is 1. The largest absolute Gasteiger partial charge is 0.494 e. The zero-order valence-electron chi connectivity index (χ0n) is 17.9. The van der Waals surface area contributed by atoms with Crippen LogP contribution in [0, 0.1) is 11.6 Å². The fourth-order valence-corrected chi connectivity index (χ4v) is 3.74. The van der Waals surface area contributed by atoms with Crippen molar-refractivity contribution in [2.45, 2.75) is 26.3 Å². The van der Waals surface area contributed by atoms with Gasteiger partial charge in [-0.2, -0.15) is 4.98 Å². The summed E-state index contributed by atoms with van der Waals surface area (Å²) in [5.74, 6) is -0.539. The Hall–Kier alpha value is -3.75. The lowest BCUT2D eigenvalue weighted by Crippen LogP contribution is -2.46. The van der Waals surface area contributed by atoms with E-state index in [0.717, 1.165) is 6.42 Å². The van der Waals surface area contributed by atoms with Gasteiger partial charge < -0.3 is 14.6 Å². The maximum atomic E-state index is 14.1. The van der Waals surface area contributed by atoms with Crippen molar-refractivity contribution in [1.29, 1.82) is 0 Å². The Bertz CT molecular complexity index is 1190.